The highest BCUT2D eigenvalue weighted by molar-refractivity contribution is 5.94. The number of nitrogens with two attached hydrogens (primary N) is 2. The highest BCUT2D eigenvalue weighted by Gasteiger charge is 2.12. The van der Waals surface area contributed by atoms with Gasteiger partial charge in [0, 0.05) is 5.69 Å². The van der Waals surface area contributed by atoms with E-state index in [2.05, 4.69) is 5.32 Å². The summed E-state index contributed by atoms with van der Waals surface area (Å²) in [6, 6.07) is 6.49. The van der Waals surface area contributed by atoms with E-state index in [1.807, 2.05) is 6.92 Å². The zero-order valence-corrected chi connectivity index (χ0v) is 10.5. The van der Waals surface area contributed by atoms with Gasteiger partial charge in [0.15, 0.2) is 0 Å². The number of amides is 2. The lowest BCUT2D eigenvalue weighted by molar-refractivity contribution is -0.118. The van der Waals surface area contributed by atoms with Crippen molar-refractivity contribution in [3.8, 4) is 0 Å². The largest absolute Gasteiger partial charge is 0.369 e. The van der Waals surface area contributed by atoms with E-state index in [9.17, 15) is 9.59 Å². The van der Waals surface area contributed by atoms with Crippen molar-refractivity contribution in [1.82, 2.24) is 0 Å². The fraction of sp³-hybridized carbons (Fsp3) is 0.385. The maximum absolute atomic E-state index is 11.7. The van der Waals surface area contributed by atoms with Gasteiger partial charge in [-0.15, -0.1) is 0 Å². The van der Waals surface area contributed by atoms with Gasteiger partial charge < -0.3 is 16.8 Å². The molecule has 0 saturated heterocycles. The third kappa shape index (κ3) is 4.55. The Balaban J connectivity index is 2.58. The molecule has 98 valence electrons. The van der Waals surface area contributed by atoms with Crippen molar-refractivity contribution >= 4 is 17.5 Å². The summed E-state index contributed by atoms with van der Waals surface area (Å²) in [6.07, 6.45) is 1.72. The number of primary amides is 1. The third-order valence-electron chi connectivity index (χ3n) is 2.54. The van der Waals surface area contributed by atoms with Crippen molar-refractivity contribution in [2.75, 3.05) is 5.32 Å². The van der Waals surface area contributed by atoms with E-state index in [0.717, 1.165) is 12.0 Å². The van der Waals surface area contributed by atoms with E-state index in [1.54, 1.807) is 24.3 Å². The summed E-state index contributed by atoms with van der Waals surface area (Å²) in [5.74, 6) is -0.573. The molecule has 18 heavy (non-hydrogen) atoms. The fourth-order valence-electron chi connectivity index (χ4n) is 1.58. The highest BCUT2D eigenvalue weighted by atomic mass is 16.2. The Morgan fingerprint density at radius 1 is 1.28 bits per heavy atom. The molecule has 1 atom stereocenters. The molecule has 0 unspecified atom stereocenters. The third-order valence-corrected chi connectivity index (χ3v) is 2.54. The summed E-state index contributed by atoms with van der Waals surface area (Å²) in [7, 11) is 0. The van der Waals surface area contributed by atoms with Crippen molar-refractivity contribution in [2.45, 2.75) is 32.2 Å². The topological polar surface area (TPSA) is 98.2 Å². The van der Waals surface area contributed by atoms with Crippen LogP contribution in [0.2, 0.25) is 0 Å². The predicted octanol–water partition coefficient (Wildman–Crippen LogP) is 0.780. The van der Waals surface area contributed by atoms with Crippen LogP contribution in [0.4, 0.5) is 5.69 Å². The average molecular weight is 249 g/mol. The van der Waals surface area contributed by atoms with Crippen molar-refractivity contribution in [2.24, 2.45) is 11.5 Å². The standard InChI is InChI=1S/C13H19N3O2/c1-2-3-11(14)13(18)16-10-6-4-9(5-7-10)8-12(15)17/h4-7,11H,2-3,8,14H2,1H3,(H2,15,17)(H,16,18)/t11-/m1/s1. The molecule has 0 aliphatic rings. The molecule has 5 N–H and O–H groups in total. The van der Waals surface area contributed by atoms with Gasteiger partial charge in [0.05, 0.1) is 12.5 Å². The molecule has 0 radical (unpaired) electrons. The van der Waals surface area contributed by atoms with Crippen LogP contribution in [0.5, 0.6) is 0 Å². The van der Waals surface area contributed by atoms with Crippen LogP contribution >= 0.6 is 0 Å². The van der Waals surface area contributed by atoms with Crippen LogP contribution in [0.3, 0.4) is 0 Å². The summed E-state index contributed by atoms with van der Waals surface area (Å²) in [4.78, 5) is 22.4. The number of hydrogen-bond donors (Lipinski definition) is 3. The van der Waals surface area contributed by atoms with E-state index in [-0.39, 0.29) is 18.2 Å². The summed E-state index contributed by atoms with van der Waals surface area (Å²) < 4.78 is 0. The number of carbonyl (C=O) groups excluding carboxylic acids is 2. The van der Waals surface area contributed by atoms with E-state index in [1.165, 1.54) is 0 Å². The van der Waals surface area contributed by atoms with E-state index in [4.69, 9.17) is 11.5 Å². The van der Waals surface area contributed by atoms with Gasteiger partial charge in [0.1, 0.15) is 0 Å². The van der Waals surface area contributed by atoms with Crippen LogP contribution in [0.15, 0.2) is 24.3 Å². The second-order valence-electron chi connectivity index (χ2n) is 4.22. The Kier molecular flexibility index (Phi) is 5.32. The SMILES string of the molecule is CCC[C@@H](N)C(=O)Nc1ccc(CC(N)=O)cc1. The summed E-state index contributed by atoms with van der Waals surface area (Å²) in [6.45, 7) is 1.98. The molecule has 5 heteroatoms. The number of hydrogen-bond acceptors (Lipinski definition) is 3. The lowest BCUT2D eigenvalue weighted by Crippen LogP contribution is -2.35. The second kappa shape index (κ2) is 6.76. The van der Waals surface area contributed by atoms with Crippen molar-refractivity contribution in [3.05, 3.63) is 29.8 Å². The molecule has 0 aliphatic carbocycles. The Bertz CT molecular complexity index is 415. The van der Waals surface area contributed by atoms with Gasteiger partial charge in [-0.2, -0.15) is 0 Å². The zero-order chi connectivity index (χ0) is 13.5. The van der Waals surface area contributed by atoms with Crippen LogP contribution < -0.4 is 16.8 Å². The van der Waals surface area contributed by atoms with Gasteiger partial charge in [-0.05, 0) is 24.1 Å². The summed E-state index contributed by atoms with van der Waals surface area (Å²) in [5.41, 5.74) is 12.3. The van der Waals surface area contributed by atoms with E-state index >= 15 is 0 Å². The van der Waals surface area contributed by atoms with Crippen LogP contribution in [0, 0.1) is 0 Å². The first-order valence-electron chi connectivity index (χ1n) is 5.96. The lowest BCUT2D eigenvalue weighted by Gasteiger charge is -2.11. The molecule has 0 saturated carbocycles. The second-order valence-corrected chi connectivity index (χ2v) is 4.22. The molecule has 0 aliphatic heterocycles. The predicted molar refractivity (Wildman–Crippen MR) is 70.9 cm³/mol. The number of benzene rings is 1. The van der Waals surface area contributed by atoms with Crippen LogP contribution in [-0.4, -0.2) is 17.9 Å². The van der Waals surface area contributed by atoms with Crippen molar-refractivity contribution in [3.63, 3.8) is 0 Å². The first-order chi connectivity index (χ1) is 8.52. The van der Waals surface area contributed by atoms with Crippen LogP contribution in [0.25, 0.3) is 0 Å². The molecule has 2 amide bonds. The van der Waals surface area contributed by atoms with Crippen molar-refractivity contribution in [1.29, 1.82) is 0 Å². The van der Waals surface area contributed by atoms with Gasteiger partial charge in [-0.1, -0.05) is 25.5 Å². The monoisotopic (exact) mass is 249 g/mol. The summed E-state index contributed by atoms with van der Waals surface area (Å²) in [5, 5.41) is 2.73. The fourth-order valence-corrected chi connectivity index (χ4v) is 1.58. The first-order valence-corrected chi connectivity index (χ1v) is 5.96. The quantitative estimate of drug-likeness (QED) is 0.694. The Hall–Kier alpha value is -1.88. The molecule has 1 aromatic carbocycles. The number of anilines is 1. The van der Waals surface area contributed by atoms with E-state index in [0.29, 0.717) is 12.1 Å². The molecule has 1 aromatic rings. The lowest BCUT2D eigenvalue weighted by atomic mass is 10.1. The maximum Gasteiger partial charge on any atom is 0.241 e. The Labute approximate surface area is 107 Å². The van der Waals surface area contributed by atoms with Gasteiger partial charge >= 0.3 is 0 Å². The minimum Gasteiger partial charge on any atom is -0.369 e. The maximum atomic E-state index is 11.7. The van der Waals surface area contributed by atoms with Gasteiger partial charge in [0.2, 0.25) is 11.8 Å². The average Bonchev–Trinajstić information content (AvgIpc) is 2.31. The van der Waals surface area contributed by atoms with E-state index < -0.39 is 6.04 Å². The molecule has 0 heterocycles. The van der Waals surface area contributed by atoms with Crippen LogP contribution in [-0.2, 0) is 16.0 Å². The van der Waals surface area contributed by atoms with Gasteiger partial charge in [-0.25, -0.2) is 0 Å². The van der Waals surface area contributed by atoms with Gasteiger partial charge in [0.25, 0.3) is 0 Å². The molecule has 0 spiro atoms. The molecule has 1 rings (SSSR count). The Morgan fingerprint density at radius 3 is 2.39 bits per heavy atom. The van der Waals surface area contributed by atoms with Crippen molar-refractivity contribution < 1.29 is 9.59 Å². The normalized spacial score (nSPS) is 11.9. The van der Waals surface area contributed by atoms with Gasteiger partial charge in [-0.3, -0.25) is 9.59 Å². The molecule has 5 nitrogen and oxygen atoms in total. The zero-order valence-electron chi connectivity index (χ0n) is 10.5. The number of nitrogens with one attached hydrogen (secondary N) is 1. The molecular formula is C13H19N3O2. The number of rotatable bonds is 6. The Morgan fingerprint density at radius 2 is 1.89 bits per heavy atom. The number of carbonyl (C=O) groups is 2. The molecule has 0 bridgehead atoms. The minimum absolute atomic E-state index is 0.195. The van der Waals surface area contributed by atoms with Crippen LogP contribution in [0.1, 0.15) is 25.3 Å². The first kappa shape index (κ1) is 14.2. The molecular weight excluding hydrogens is 230 g/mol. The summed E-state index contributed by atoms with van der Waals surface area (Å²) >= 11 is 0. The highest BCUT2D eigenvalue weighted by Crippen LogP contribution is 2.10. The smallest absolute Gasteiger partial charge is 0.241 e. The minimum atomic E-state index is -0.486. The molecule has 0 aromatic heterocycles. The molecule has 0 fully saturated rings.